The molecule has 1 fully saturated rings. The van der Waals surface area contributed by atoms with E-state index in [9.17, 15) is 13.2 Å². The lowest BCUT2D eigenvalue weighted by atomic mass is 10.1. The molecule has 7 heteroatoms. The lowest BCUT2D eigenvalue weighted by Crippen LogP contribution is -2.28. The van der Waals surface area contributed by atoms with Crippen LogP contribution in [0.15, 0.2) is 47.4 Å². The first-order chi connectivity index (χ1) is 13.4. The van der Waals surface area contributed by atoms with Gasteiger partial charge < -0.3 is 9.64 Å². The third kappa shape index (κ3) is 4.20. The van der Waals surface area contributed by atoms with E-state index >= 15 is 0 Å². The van der Waals surface area contributed by atoms with Gasteiger partial charge in [-0.15, -0.1) is 0 Å². The standard InChI is InChI=1S/C21H26N2O4S/c1-4-16-7-9-17(10-8-16)15(2)22-28(25,26)18-11-12-20(27-3)19(14-18)23-13-5-6-21(23)24/h7-12,14-15,22H,4-6,13H2,1-3H3/t15-/m1/s1. The highest BCUT2D eigenvalue weighted by Crippen LogP contribution is 2.34. The highest BCUT2D eigenvalue weighted by molar-refractivity contribution is 7.89. The molecule has 0 bridgehead atoms. The summed E-state index contributed by atoms with van der Waals surface area (Å²) >= 11 is 0. The minimum absolute atomic E-state index is 0.0230. The van der Waals surface area contributed by atoms with E-state index in [1.54, 1.807) is 11.0 Å². The van der Waals surface area contributed by atoms with Gasteiger partial charge in [0.25, 0.3) is 0 Å². The highest BCUT2D eigenvalue weighted by Gasteiger charge is 2.27. The van der Waals surface area contributed by atoms with E-state index in [1.165, 1.54) is 24.8 Å². The van der Waals surface area contributed by atoms with Crippen LogP contribution < -0.4 is 14.4 Å². The number of nitrogens with one attached hydrogen (secondary N) is 1. The zero-order valence-electron chi connectivity index (χ0n) is 16.4. The molecule has 6 nitrogen and oxygen atoms in total. The minimum Gasteiger partial charge on any atom is -0.495 e. The summed E-state index contributed by atoms with van der Waals surface area (Å²) < 4.78 is 33.9. The molecule has 1 atom stereocenters. The van der Waals surface area contributed by atoms with Crippen LogP contribution in [0.5, 0.6) is 5.75 Å². The minimum atomic E-state index is -3.76. The first kappa shape index (κ1) is 20.4. The summed E-state index contributed by atoms with van der Waals surface area (Å²) in [4.78, 5) is 13.8. The van der Waals surface area contributed by atoms with Gasteiger partial charge in [0.05, 0.1) is 17.7 Å². The molecule has 0 spiro atoms. The van der Waals surface area contributed by atoms with Gasteiger partial charge in [0, 0.05) is 19.0 Å². The van der Waals surface area contributed by atoms with Crippen molar-refractivity contribution in [3.8, 4) is 5.75 Å². The van der Waals surface area contributed by atoms with E-state index in [-0.39, 0.29) is 16.8 Å². The third-order valence-corrected chi connectivity index (χ3v) is 6.58. The lowest BCUT2D eigenvalue weighted by molar-refractivity contribution is -0.117. The summed E-state index contributed by atoms with van der Waals surface area (Å²) in [6.45, 7) is 4.45. The molecule has 0 radical (unpaired) electrons. The first-order valence-corrected chi connectivity index (χ1v) is 10.9. The summed E-state index contributed by atoms with van der Waals surface area (Å²) in [6.07, 6.45) is 2.15. The molecule has 0 aromatic heterocycles. The van der Waals surface area contributed by atoms with Crippen LogP contribution in [0.1, 0.15) is 43.9 Å². The number of hydrogen-bond donors (Lipinski definition) is 1. The van der Waals surface area contributed by atoms with Gasteiger partial charge >= 0.3 is 0 Å². The number of nitrogens with zero attached hydrogens (tertiary/aromatic N) is 1. The van der Waals surface area contributed by atoms with Gasteiger partial charge in [-0.2, -0.15) is 0 Å². The number of sulfonamides is 1. The molecule has 1 amide bonds. The van der Waals surface area contributed by atoms with Gasteiger partial charge in [-0.3, -0.25) is 4.79 Å². The summed E-state index contributed by atoms with van der Waals surface area (Å²) in [6, 6.07) is 12.1. The summed E-state index contributed by atoms with van der Waals surface area (Å²) in [5, 5.41) is 0. The Balaban J connectivity index is 1.87. The van der Waals surface area contributed by atoms with Crippen molar-refractivity contribution in [3.63, 3.8) is 0 Å². The van der Waals surface area contributed by atoms with Gasteiger partial charge in [-0.25, -0.2) is 13.1 Å². The van der Waals surface area contributed by atoms with Crippen LogP contribution in [0.25, 0.3) is 0 Å². The molecule has 1 aliphatic heterocycles. The van der Waals surface area contributed by atoms with Crippen LogP contribution >= 0.6 is 0 Å². The van der Waals surface area contributed by atoms with E-state index < -0.39 is 10.0 Å². The molecule has 0 saturated carbocycles. The molecular formula is C21H26N2O4S. The van der Waals surface area contributed by atoms with Gasteiger partial charge in [-0.1, -0.05) is 31.2 Å². The number of benzene rings is 2. The Kier molecular flexibility index (Phi) is 6.05. The third-order valence-electron chi connectivity index (χ3n) is 5.04. The molecule has 0 unspecified atom stereocenters. The predicted octanol–water partition coefficient (Wildman–Crippen LogP) is 3.42. The first-order valence-electron chi connectivity index (χ1n) is 9.45. The molecule has 3 rings (SSSR count). The molecule has 28 heavy (non-hydrogen) atoms. The smallest absolute Gasteiger partial charge is 0.241 e. The second-order valence-electron chi connectivity index (χ2n) is 6.92. The molecule has 1 aliphatic rings. The fourth-order valence-electron chi connectivity index (χ4n) is 3.36. The predicted molar refractivity (Wildman–Crippen MR) is 109 cm³/mol. The summed E-state index contributed by atoms with van der Waals surface area (Å²) in [7, 11) is -2.25. The summed E-state index contributed by atoms with van der Waals surface area (Å²) in [5.74, 6) is 0.461. The molecule has 2 aromatic rings. The van der Waals surface area contributed by atoms with Gasteiger partial charge in [-0.05, 0) is 49.1 Å². The number of ether oxygens (including phenoxy) is 1. The van der Waals surface area contributed by atoms with Crippen molar-refractivity contribution in [3.05, 3.63) is 53.6 Å². The molecule has 1 N–H and O–H groups in total. The van der Waals surface area contributed by atoms with E-state index in [2.05, 4.69) is 11.6 Å². The van der Waals surface area contributed by atoms with Crippen molar-refractivity contribution in [1.29, 1.82) is 0 Å². The zero-order chi connectivity index (χ0) is 20.3. The van der Waals surface area contributed by atoms with E-state index in [4.69, 9.17) is 4.74 Å². The molecular weight excluding hydrogens is 376 g/mol. The number of amides is 1. The number of carbonyl (C=O) groups is 1. The second-order valence-corrected chi connectivity index (χ2v) is 8.63. The SMILES string of the molecule is CCc1ccc([C@@H](C)NS(=O)(=O)c2ccc(OC)c(N3CCCC3=O)c2)cc1. The van der Waals surface area contributed by atoms with Crippen molar-refractivity contribution < 1.29 is 17.9 Å². The van der Waals surface area contributed by atoms with Gasteiger partial charge in [0.1, 0.15) is 5.75 Å². The average Bonchev–Trinajstić information content (AvgIpc) is 3.12. The molecule has 1 heterocycles. The Morgan fingerprint density at radius 1 is 1.18 bits per heavy atom. The second kappa shape index (κ2) is 8.32. The number of aryl methyl sites for hydroxylation is 1. The Morgan fingerprint density at radius 3 is 2.46 bits per heavy atom. The fraction of sp³-hybridized carbons (Fsp3) is 0.381. The number of methoxy groups -OCH3 is 1. The topological polar surface area (TPSA) is 75.7 Å². The van der Waals surface area contributed by atoms with Crippen LogP contribution in [0.4, 0.5) is 5.69 Å². The zero-order valence-corrected chi connectivity index (χ0v) is 17.3. The Labute approximate surface area is 166 Å². The largest absolute Gasteiger partial charge is 0.495 e. The Morgan fingerprint density at radius 2 is 1.89 bits per heavy atom. The normalized spacial score (nSPS) is 15.7. The maximum absolute atomic E-state index is 12.9. The van der Waals surface area contributed by atoms with Crippen molar-refractivity contribution in [1.82, 2.24) is 4.72 Å². The van der Waals surface area contributed by atoms with Gasteiger partial charge in [0.2, 0.25) is 15.9 Å². The molecule has 0 aliphatic carbocycles. The molecule has 1 saturated heterocycles. The maximum atomic E-state index is 12.9. The lowest BCUT2D eigenvalue weighted by Gasteiger charge is -2.21. The Bertz CT molecular complexity index is 955. The van der Waals surface area contributed by atoms with Crippen molar-refractivity contribution in [2.75, 3.05) is 18.6 Å². The van der Waals surface area contributed by atoms with Crippen LogP contribution in [0, 0.1) is 0 Å². The van der Waals surface area contributed by atoms with E-state index in [0.717, 1.165) is 18.4 Å². The number of rotatable bonds is 7. The van der Waals surface area contributed by atoms with Crippen molar-refractivity contribution in [2.24, 2.45) is 0 Å². The highest BCUT2D eigenvalue weighted by atomic mass is 32.2. The van der Waals surface area contributed by atoms with Crippen LogP contribution in [-0.2, 0) is 21.2 Å². The molecule has 150 valence electrons. The number of hydrogen-bond acceptors (Lipinski definition) is 4. The number of anilines is 1. The number of carbonyl (C=O) groups excluding carboxylic acids is 1. The summed E-state index contributed by atoms with van der Waals surface area (Å²) in [5.41, 5.74) is 2.59. The van der Waals surface area contributed by atoms with E-state index in [1.807, 2.05) is 31.2 Å². The van der Waals surface area contributed by atoms with Gasteiger partial charge in [0.15, 0.2) is 0 Å². The quantitative estimate of drug-likeness (QED) is 0.770. The monoisotopic (exact) mass is 402 g/mol. The molecule has 2 aromatic carbocycles. The average molecular weight is 403 g/mol. The maximum Gasteiger partial charge on any atom is 0.241 e. The van der Waals surface area contributed by atoms with Crippen LogP contribution in [-0.4, -0.2) is 28.0 Å². The van der Waals surface area contributed by atoms with Crippen molar-refractivity contribution >= 4 is 21.6 Å². The fourth-order valence-corrected chi connectivity index (χ4v) is 4.61. The van der Waals surface area contributed by atoms with Crippen molar-refractivity contribution in [2.45, 2.75) is 44.0 Å². The van der Waals surface area contributed by atoms with Crippen LogP contribution in [0.2, 0.25) is 0 Å². The Hall–Kier alpha value is -2.38. The van der Waals surface area contributed by atoms with Crippen LogP contribution in [0.3, 0.4) is 0 Å². The van der Waals surface area contributed by atoms with E-state index in [0.29, 0.717) is 24.4 Å².